The van der Waals surface area contributed by atoms with Crippen LogP contribution in [0.4, 0.5) is 5.13 Å². The molecule has 0 saturated heterocycles. The van der Waals surface area contributed by atoms with Crippen LogP contribution >= 0.6 is 11.3 Å². The van der Waals surface area contributed by atoms with Gasteiger partial charge in [0, 0.05) is 23.9 Å². The maximum atomic E-state index is 12.2. The number of hydrogen-bond acceptors (Lipinski definition) is 5. The minimum absolute atomic E-state index is 0.158. The number of benzene rings is 1. The Bertz CT molecular complexity index is 805. The second-order valence-corrected chi connectivity index (χ2v) is 6.58. The van der Waals surface area contributed by atoms with Gasteiger partial charge in [0.25, 0.3) is 5.91 Å². The van der Waals surface area contributed by atoms with E-state index in [4.69, 9.17) is 0 Å². The molecule has 0 radical (unpaired) electrons. The van der Waals surface area contributed by atoms with Crippen molar-refractivity contribution in [2.24, 2.45) is 0 Å². The minimum Gasteiger partial charge on any atom is -0.296 e. The number of amides is 1. The van der Waals surface area contributed by atoms with Gasteiger partial charge in [-0.25, -0.2) is 0 Å². The van der Waals surface area contributed by atoms with Crippen LogP contribution < -0.4 is 5.32 Å². The highest BCUT2D eigenvalue weighted by molar-refractivity contribution is 7.15. The van der Waals surface area contributed by atoms with Gasteiger partial charge in [-0.15, -0.1) is 10.2 Å². The maximum absolute atomic E-state index is 12.2. The van der Waals surface area contributed by atoms with Crippen molar-refractivity contribution in [2.45, 2.75) is 25.3 Å². The van der Waals surface area contributed by atoms with Crippen molar-refractivity contribution in [1.82, 2.24) is 20.0 Å². The van der Waals surface area contributed by atoms with Gasteiger partial charge in [0.1, 0.15) is 5.01 Å². The van der Waals surface area contributed by atoms with Gasteiger partial charge in [0.2, 0.25) is 5.13 Å². The van der Waals surface area contributed by atoms with Crippen LogP contribution in [0.2, 0.25) is 0 Å². The molecule has 1 saturated carbocycles. The molecule has 1 aliphatic rings. The highest BCUT2D eigenvalue weighted by Crippen LogP contribution is 2.42. The molecule has 1 aliphatic carbocycles. The van der Waals surface area contributed by atoms with E-state index in [0.29, 0.717) is 23.2 Å². The van der Waals surface area contributed by atoms with Crippen molar-refractivity contribution >= 4 is 22.4 Å². The standard InChI is InChI=1S/C16H15N5OS/c22-14(18-16-20-19-15(23-16)13-6-7-13)12-4-2-11(3-5-12)10-21-9-1-8-17-21/h1-5,8-9,13H,6-7,10H2,(H,18,20,22). The first-order valence-corrected chi connectivity index (χ1v) is 8.31. The average Bonchev–Trinajstić information content (AvgIpc) is 3.09. The molecule has 23 heavy (non-hydrogen) atoms. The van der Waals surface area contributed by atoms with Crippen LogP contribution in [0.3, 0.4) is 0 Å². The molecule has 6 nitrogen and oxygen atoms in total. The summed E-state index contributed by atoms with van der Waals surface area (Å²) in [6.07, 6.45) is 6.02. The molecule has 7 heteroatoms. The maximum Gasteiger partial charge on any atom is 0.257 e. The third-order valence-electron chi connectivity index (χ3n) is 3.71. The van der Waals surface area contributed by atoms with Crippen molar-refractivity contribution < 1.29 is 4.79 Å². The van der Waals surface area contributed by atoms with Gasteiger partial charge < -0.3 is 0 Å². The Morgan fingerprint density at radius 2 is 2.09 bits per heavy atom. The van der Waals surface area contributed by atoms with Gasteiger partial charge in [-0.3, -0.25) is 14.8 Å². The fourth-order valence-electron chi connectivity index (χ4n) is 2.29. The summed E-state index contributed by atoms with van der Waals surface area (Å²) >= 11 is 1.47. The third-order valence-corrected chi connectivity index (χ3v) is 4.71. The van der Waals surface area contributed by atoms with Crippen LogP contribution in [-0.4, -0.2) is 25.9 Å². The zero-order valence-electron chi connectivity index (χ0n) is 12.3. The van der Waals surface area contributed by atoms with E-state index in [9.17, 15) is 4.79 Å². The molecule has 0 atom stereocenters. The summed E-state index contributed by atoms with van der Waals surface area (Å²) < 4.78 is 1.84. The van der Waals surface area contributed by atoms with Crippen LogP contribution in [0.5, 0.6) is 0 Å². The molecule has 1 fully saturated rings. The molecule has 0 bridgehead atoms. The van der Waals surface area contributed by atoms with Gasteiger partial charge in [0.15, 0.2) is 0 Å². The van der Waals surface area contributed by atoms with Gasteiger partial charge in [-0.05, 0) is 36.6 Å². The Morgan fingerprint density at radius 3 is 2.78 bits per heavy atom. The van der Waals surface area contributed by atoms with Crippen LogP contribution in [0.15, 0.2) is 42.7 Å². The summed E-state index contributed by atoms with van der Waals surface area (Å²) in [4.78, 5) is 12.2. The Kier molecular flexibility index (Phi) is 3.63. The summed E-state index contributed by atoms with van der Waals surface area (Å²) in [6.45, 7) is 0.691. The van der Waals surface area contributed by atoms with Crippen LogP contribution in [0.25, 0.3) is 0 Å². The fraction of sp³-hybridized carbons (Fsp3) is 0.250. The second-order valence-electron chi connectivity index (χ2n) is 5.57. The van der Waals surface area contributed by atoms with Gasteiger partial charge in [-0.1, -0.05) is 23.5 Å². The number of carbonyl (C=O) groups excluding carboxylic acids is 1. The van der Waals surface area contributed by atoms with E-state index in [1.807, 2.05) is 41.2 Å². The number of carbonyl (C=O) groups is 1. The number of nitrogens with zero attached hydrogens (tertiary/aromatic N) is 4. The van der Waals surface area contributed by atoms with Crippen molar-refractivity contribution in [3.63, 3.8) is 0 Å². The molecule has 0 aliphatic heterocycles. The molecule has 1 N–H and O–H groups in total. The molecule has 1 amide bonds. The average molecular weight is 325 g/mol. The van der Waals surface area contributed by atoms with Crippen molar-refractivity contribution in [1.29, 1.82) is 0 Å². The Hall–Kier alpha value is -2.54. The first-order chi connectivity index (χ1) is 11.3. The summed E-state index contributed by atoms with van der Waals surface area (Å²) in [5.41, 5.74) is 1.70. The summed E-state index contributed by atoms with van der Waals surface area (Å²) in [6, 6.07) is 9.40. The molecular formula is C16H15N5OS. The lowest BCUT2D eigenvalue weighted by Gasteiger charge is -2.04. The highest BCUT2D eigenvalue weighted by atomic mass is 32.1. The Labute approximate surface area is 137 Å². The molecule has 0 spiro atoms. The van der Waals surface area contributed by atoms with Crippen molar-refractivity contribution in [3.05, 3.63) is 58.9 Å². The zero-order valence-corrected chi connectivity index (χ0v) is 13.2. The Balaban J connectivity index is 1.41. The monoisotopic (exact) mass is 325 g/mol. The van der Waals surface area contributed by atoms with Crippen LogP contribution in [0, 0.1) is 0 Å². The normalized spacial score (nSPS) is 13.9. The molecule has 2 aromatic heterocycles. The molecule has 2 heterocycles. The third kappa shape index (κ3) is 3.29. The first kappa shape index (κ1) is 14.1. The molecule has 3 aromatic rings. The molecule has 0 unspecified atom stereocenters. The lowest BCUT2D eigenvalue weighted by Crippen LogP contribution is -2.11. The highest BCUT2D eigenvalue weighted by Gasteiger charge is 2.27. The number of aromatic nitrogens is 4. The van der Waals surface area contributed by atoms with Gasteiger partial charge >= 0.3 is 0 Å². The van der Waals surface area contributed by atoms with Gasteiger partial charge in [-0.2, -0.15) is 5.10 Å². The van der Waals surface area contributed by atoms with E-state index in [1.165, 1.54) is 24.2 Å². The SMILES string of the molecule is O=C(Nc1nnc(C2CC2)s1)c1ccc(Cn2cccn2)cc1. The number of rotatable bonds is 5. The van der Waals surface area contributed by atoms with Crippen molar-refractivity contribution in [2.75, 3.05) is 5.32 Å². The number of anilines is 1. The molecule has 4 rings (SSSR count). The van der Waals surface area contributed by atoms with E-state index in [-0.39, 0.29) is 5.91 Å². The molecule has 1 aromatic carbocycles. The lowest BCUT2D eigenvalue weighted by molar-refractivity contribution is 0.102. The van der Waals surface area contributed by atoms with E-state index in [0.717, 1.165) is 10.6 Å². The quantitative estimate of drug-likeness (QED) is 0.783. The largest absolute Gasteiger partial charge is 0.296 e. The van der Waals surface area contributed by atoms with Gasteiger partial charge in [0.05, 0.1) is 6.54 Å². The summed E-state index contributed by atoms with van der Waals surface area (Å²) in [7, 11) is 0. The molecule has 116 valence electrons. The predicted octanol–water partition coefficient (Wildman–Crippen LogP) is 2.91. The van der Waals surface area contributed by atoms with E-state index < -0.39 is 0 Å². The minimum atomic E-state index is -0.158. The van der Waals surface area contributed by atoms with E-state index >= 15 is 0 Å². The summed E-state index contributed by atoms with van der Waals surface area (Å²) in [5, 5.41) is 16.7. The topological polar surface area (TPSA) is 72.7 Å². The number of nitrogens with one attached hydrogen (secondary N) is 1. The lowest BCUT2D eigenvalue weighted by atomic mass is 10.1. The van der Waals surface area contributed by atoms with Crippen LogP contribution in [-0.2, 0) is 6.54 Å². The smallest absolute Gasteiger partial charge is 0.257 e. The predicted molar refractivity (Wildman–Crippen MR) is 87.6 cm³/mol. The number of hydrogen-bond donors (Lipinski definition) is 1. The fourth-order valence-corrected chi connectivity index (χ4v) is 3.20. The van der Waals surface area contributed by atoms with Crippen molar-refractivity contribution in [3.8, 4) is 0 Å². The second kappa shape index (κ2) is 5.92. The first-order valence-electron chi connectivity index (χ1n) is 7.49. The zero-order chi connectivity index (χ0) is 15.6. The molecular weight excluding hydrogens is 310 g/mol. The van der Waals surface area contributed by atoms with Crippen LogP contribution in [0.1, 0.15) is 39.7 Å². The summed E-state index contributed by atoms with van der Waals surface area (Å²) in [5.74, 6) is 0.397. The van der Waals surface area contributed by atoms with E-state index in [1.54, 1.807) is 6.20 Å². The van der Waals surface area contributed by atoms with E-state index in [2.05, 4.69) is 20.6 Å². The Morgan fingerprint density at radius 1 is 1.26 bits per heavy atom.